The minimum absolute atomic E-state index is 0.316. The van der Waals surface area contributed by atoms with E-state index in [0.29, 0.717) is 22.1 Å². The summed E-state index contributed by atoms with van der Waals surface area (Å²) in [6, 6.07) is 8.59. The molecule has 1 aromatic heterocycles. The minimum atomic E-state index is -3.58. The van der Waals surface area contributed by atoms with E-state index in [1.165, 1.54) is 22.8 Å². The number of amides is 1. The number of hydrogen-bond acceptors (Lipinski definition) is 5. The molecule has 23 heavy (non-hydrogen) atoms. The molecular formula is C15H16N2O4S2. The summed E-state index contributed by atoms with van der Waals surface area (Å²) in [4.78, 5) is 11.4. The van der Waals surface area contributed by atoms with Gasteiger partial charge in [0, 0.05) is 12.2 Å². The second-order valence-corrected chi connectivity index (χ2v) is 8.11. The number of hydrogen-bond donors (Lipinski definition) is 1. The van der Waals surface area contributed by atoms with Crippen molar-refractivity contribution in [2.75, 3.05) is 23.3 Å². The Balaban J connectivity index is 2.01. The maximum absolute atomic E-state index is 12.8. The van der Waals surface area contributed by atoms with Gasteiger partial charge < -0.3 is 4.74 Å². The highest BCUT2D eigenvalue weighted by atomic mass is 32.2. The lowest BCUT2D eigenvalue weighted by Crippen LogP contribution is -2.35. The lowest BCUT2D eigenvalue weighted by molar-refractivity contribution is 0.187. The molecule has 0 fully saturated rings. The third-order valence-electron chi connectivity index (χ3n) is 3.63. The van der Waals surface area contributed by atoms with Gasteiger partial charge in [-0.3, -0.25) is 9.62 Å². The van der Waals surface area contributed by atoms with Crippen molar-refractivity contribution in [3.05, 3.63) is 41.3 Å². The summed E-state index contributed by atoms with van der Waals surface area (Å²) in [5.74, 6) is 0. The van der Waals surface area contributed by atoms with Crippen molar-refractivity contribution in [3.8, 4) is 0 Å². The maximum atomic E-state index is 12.8. The Bertz CT molecular complexity index is 816. The van der Waals surface area contributed by atoms with Crippen LogP contribution in [0, 0.1) is 0 Å². The number of rotatable bonds is 3. The molecule has 0 aliphatic carbocycles. The molecule has 0 saturated carbocycles. The number of nitrogens with zero attached hydrogens (tertiary/aromatic N) is 1. The molecule has 1 aliphatic rings. The highest BCUT2D eigenvalue weighted by Gasteiger charge is 2.30. The first-order valence-corrected chi connectivity index (χ1v) is 9.38. The number of carbonyl (C=O) groups is 1. The first kappa shape index (κ1) is 15.8. The molecule has 6 nitrogen and oxygen atoms in total. The highest BCUT2D eigenvalue weighted by molar-refractivity contribution is 7.94. The average molecular weight is 352 g/mol. The number of methoxy groups -OCH3 is 1. The number of anilines is 2. The third-order valence-corrected chi connectivity index (χ3v) is 6.82. The summed E-state index contributed by atoms with van der Waals surface area (Å²) in [6.07, 6.45) is 0.986. The van der Waals surface area contributed by atoms with E-state index in [-0.39, 0.29) is 0 Å². The Kier molecular flexibility index (Phi) is 4.27. The number of sulfonamides is 1. The van der Waals surface area contributed by atoms with Crippen LogP contribution in [0.5, 0.6) is 0 Å². The third kappa shape index (κ3) is 3.04. The second-order valence-electron chi connectivity index (χ2n) is 5.07. The van der Waals surface area contributed by atoms with Crippen LogP contribution in [0.25, 0.3) is 0 Å². The number of carbonyl (C=O) groups excluding carboxylic acids is 1. The highest BCUT2D eigenvalue weighted by Crippen LogP contribution is 2.35. The SMILES string of the molecule is COC(=O)Nc1ccc2c(c1)N(S(=O)(=O)c1cccs1)CCC2. The molecule has 2 aromatic rings. The minimum Gasteiger partial charge on any atom is -0.453 e. The van der Waals surface area contributed by atoms with Crippen LogP contribution in [-0.2, 0) is 21.2 Å². The van der Waals surface area contributed by atoms with Crippen LogP contribution in [0.15, 0.2) is 39.9 Å². The Hall–Kier alpha value is -2.06. The lowest BCUT2D eigenvalue weighted by atomic mass is 10.0. The molecule has 122 valence electrons. The lowest BCUT2D eigenvalue weighted by Gasteiger charge is -2.30. The molecule has 1 amide bonds. The summed E-state index contributed by atoms with van der Waals surface area (Å²) in [5.41, 5.74) is 2.06. The number of benzene rings is 1. The zero-order valence-electron chi connectivity index (χ0n) is 12.5. The van der Waals surface area contributed by atoms with Gasteiger partial charge in [0.2, 0.25) is 0 Å². The number of nitrogens with one attached hydrogen (secondary N) is 1. The van der Waals surface area contributed by atoms with Crippen LogP contribution in [0.1, 0.15) is 12.0 Å². The van der Waals surface area contributed by atoms with Gasteiger partial charge in [-0.2, -0.15) is 0 Å². The van der Waals surface area contributed by atoms with Crippen molar-refractivity contribution in [2.45, 2.75) is 17.1 Å². The molecule has 0 bridgehead atoms. The van der Waals surface area contributed by atoms with Gasteiger partial charge in [0.05, 0.1) is 12.8 Å². The van der Waals surface area contributed by atoms with Crippen molar-refractivity contribution in [1.29, 1.82) is 0 Å². The van der Waals surface area contributed by atoms with Crippen LogP contribution in [0.4, 0.5) is 16.2 Å². The van der Waals surface area contributed by atoms with Crippen LogP contribution in [0.2, 0.25) is 0 Å². The summed E-state index contributed by atoms with van der Waals surface area (Å²) >= 11 is 1.20. The van der Waals surface area contributed by atoms with Crippen LogP contribution in [0.3, 0.4) is 0 Å². The van der Waals surface area contributed by atoms with Crippen molar-refractivity contribution in [2.24, 2.45) is 0 Å². The van der Waals surface area contributed by atoms with E-state index in [0.717, 1.165) is 18.4 Å². The van der Waals surface area contributed by atoms with Crippen molar-refractivity contribution in [3.63, 3.8) is 0 Å². The van der Waals surface area contributed by atoms with E-state index in [4.69, 9.17) is 0 Å². The number of ether oxygens (including phenoxy) is 1. The first-order valence-electron chi connectivity index (χ1n) is 7.06. The van der Waals surface area contributed by atoms with E-state index in [9.17, 15) is 13.2 Å². The fourth-order valence-electron chi connectivity index (χ4n) is 2.56. The molecule has 1 aromatic carbocycles. The Morgan fingerprint density at radius 2 is 2.17 bits per heavy atom. The second kappa shape index (κ2) is 6.21. The van der Waals surface area contributed by atoms with Gasteiger partial charge in [-0.25, -0.2) is 13.2 Å². The largest absolute Gasteiger partial charge is 0.453 e. The summed E-state index contributed by atoms with van der Waals surface area (Å²) < 4.78 is 32.0. The van der Waals surface area contributed by atoms with Crippen molar-refractivity contribution in [1.82, 2.24) is 0 Å². The first-order chi connectivity index (χ1) is 11.0. The van der Waals surface area contributed by atoms with Crippen LogP contribution < -0.4 is 9.62 Å². The molecule has 1 N–H and O–H groups in total. The predicted octanol–water partition coefficient (Wildman–Crippen LogP) is 3.07. The molecule has 0 unspecified atom stereocenters. The molecule has 0 radical (unpaired) electrons. The maximum Gasteiger partial charge on any atom is 0.411 e. The average Bonchev–Trinajstić information content (AvgIpc) is 3.09. The van der Waals surface area contributed by atoms with Crippen molar-refractivity contribution >= 4 is 38.8 Å². The number of aryl methyl sites for hydroxylation is 1. The monoisotopic (exact) mass is 352 g/mol. The molecule has 0 spiro atoms. The molecule has 8 heteroatoms. The smallest absolute Gasteiger partial charge is 0.411 e. The summed E-state index contributed by atoms with van der Waals surface area (Å²) in [6.45, 7) is 0.426. The predicted molar refractivity (Wildman–Crippen MR) is 89.6 cm³/mol. The standard InChI is InChI=1S/C15H16N2O4S2/c1-21-15(18)16-12-7-6-11-4-2-8-17(13(11)10-12)23(19,20)14-5-3-9-22-14/h3,5-7,9-10H,2,4,8H2,1H3,(H,16,18). The molecule has 1 aliphatic heterocycles. The van der Waals surface area contributed by atoms with Gasteiger partial charge in [0.15, 0.2) is 0 Å². The van der Waals surface area contributed by atoms with Crippen LogP contribution >= 0.6 is 11.3 Å². The molecule has 0 saturated heterocycles. The Morgan fingerprint density at radius 1 is 1.35 bits per heavy atom. The summed E-state index contributed by atoms with van der Waals surface area (Å²) in [7, 11) is -2.30. The zero-order valence-corrected chi connectivity index (χ0v) is 14.1. The van der Waals surface area contributed by atoms with Gasteiger partial charge in [-0.1, -0.05) is 12.1 Å². The van der Waals surface area contributed by atoms with Gasteiger partial charge in [-0.15, -0.1) is 11.3 Å². The van der Waals surface area contributed by atoms with E-state index in [1.54, 1.807) is 29.6 Å². The van der Waals surface area contributed by atoms with E-state index < -0.39 is 16.1 Å². The Morgan fingerprint density at radius 3 is 2.87 bits per heavy atom. The van der Waals surface area contributed by atoms with Gasteiger partial charge >= 0.3 is 6.09 Å². The van der Waals surface area contributed by atoms with E-state index >= 15 is 0 Å². The summed E-state index contributed by atoms with van der Waals surface area (Å²) in [5, 5.41) is 4.31. The fraction of sp³-hybridized carbons (Fsp3) is 0.267. The molecular weight excluding hydrogens is 336 g/mol. The van der Waals surface area contributed by atoms with Crippen molar-refractivity contribution < 1.29 is 17.9 Å². The molecule has 2 heterocycles. The van der Waals surface area contributed by atoms with Crippen LogP contribution in [-0.4, -0.2) is 28.2 Å². The van der Waals surface area contributed by atoms with Gasteiger partial charge in [0.1, 0.15) is 4.21 Å². The van der Waals surface area contributed by atoms with Gasteiger partial charge in [-0.05, 0) is 42.0 Å². The van der Waals surface area contributed by atoms with E-state index in [1.807, 2.05) is 6.07 Å². The Labute approximate surface area is 138 Å². The quantitative estimate of drug-likeness (QED) is 0.921. The molecule has 3 rings (SSSR count). The molecule has 0 atom stereocenters. The number of fused-ring (bicyclic) bond motifs is 1. The van der Waals surface area contributed by atoms with E-state index in [2.05, 4.69) is 10.1 Å². The zero-order chi connectivity index (χ0) is 16.4. The number of thiophene rings is 1. The topological polar surface area (TPSA) is 75.7 Å². The normalized spacial score (nSPS) is 14.2. The fourth-order valence-corrected chi connectivity index (χ4v) is 5.19. The van der Waals surface area contributed by atoms with Gasteiger partial charge in [0.25, 0.3) is 10.0 Å².